The summed E-state index contributed by atoms with van der Waals surface area (Å²) in [6.07, 6.45) is 1.06. The van der Waals surface area contributed by atoms with Crippen LogP contribution in [0.1, 0.15) is 25.3 Å². The monoisotopic (exact) mass is 356 g/mol. The van der Waals surface area contributed by atoms with E-state index in [1.165, 1.54) is 12.1 Å². The van der Waals surface area contributed by atoms with Crippen LogP contribution in [0.15, 0.2) is 48.5 Å². The summed E-state index contributed by atoms with van der Waals surface area (Å²) in [4.78, 5) is 22.3. The van der Waals surface area contributed by atoms with Crippen molar-refractivity contribution in [2.24, 2.45) is 0 Å². The van der Waals surface area contributed by atoms with Gasteiger partial charge >= 0.3 is 0 Å². The van der Waals surface area contributed by atoms with Crippen molar-refractivity contribution in [3.8, 4) is 0 Å². The van der Waals surface area contributed by atoms with Crippen molar-refractivity contribution >= 4 is 23.0 Å². The number of nitro groups is 1. The lowest BCUT2D eigenvalue weighted by atomic mass is 10.1. The van der Waals surface area contributed by atoms with Crippen molar-refractivity contribution in [2.75, 3.05) is 23.7 Å². The van der Waals surface area contributed by atoms with Crippen LogP contribution in [0, 0.1) is 10.1 Å². The molecule has 0 unspecified atom stereocenters. The highest BCUT2D eigenvalue weighted by molar-refractivity contribution is 5.91. The Morgan fingerprint density at radius 1 is 1.12 bits per heavy atom. The van der Waals surface area contributed by atoms with Crippen LogP contribution in [-0.4, -0.2) is 23.9 Å². The molecule has 0 heterocycles. The summed E-state index contributed by atoms with van der Waals surface area (Å²) >= 11 is 0. The van der Waals surface area contributed by atoms with Gasteiger partial charge in [-0.15, -0.1) is 0 Å². The van der Waals surface area contributed by atoms with E-state index in [0.717, 1.165) is 23.5 Å². The van der Waals surface area contributed by atoms with Crippen LogP contribution in [0.2, 0.25) is 0 Å². The second kappa shape index (κ2) is 10.1. The Balaban J connectivity index is 1.74. The molecule has 0 aliphatic rings. The number of benzene rings is 2. The zero-order chi connectivity index (χ0) is 18.8. The number of nitrogens with one attached hydrogen (secondary N) is 3. The second-order valence-electron chi connectivity index (χ2n) is 5.82. The highest BCUT2D eigenvalue weighted by Gasteiger charge is 2.07. The number of non-ortho nitro benzene ring substituents is 1. The number of carbonyl (C=O) groups excluding carboxylic acids is 1. The molecule has 0 saturated carbocycles. The van der Waals surface area contributed by atoms with Crippen LogP contribution < -0.4 is 16.0 Å². The van der Waals surface area contributed by atoms with Gasteiger partial charge in [-0.3, -0.25) is 14.9 Å². The zero-order valence-electron chi connectivity index (χ0n) is 14.8. The lowest BCUT2D eigenvalue weighted by Gasteiger charge is -2.11. The Morgan fingerprint density at radius 2 is 1.85 bits per heavy atom. The molecule has 0 spiro atoms. The maximum Gasteiger partial charge on any atom is 0.269 e. The molecule has 0 aliphatic carbocycles. The largest absolute Gasteiger partial charge is 0.385 e. The van der Waals surface area contributed by atoms with Crippen molar-refractivity contribution in [2.45, 2.75) is 26.3 Å². The highest BCUT2D eigenvalue weighted by Crippen LogP contribution is 2.16. The molecular formula is C19H24N4O3. The predicted octanol–water partition coefficient (Wildman–Crippen LogP) is 3.54. The molecule has 7 nitrogen and oxygen atoms in total. The third kappa shape index (κ3) is 6.18. The summed E-state index contributed by atoms with van der Waals surface area (Å²) in [6, 6.07) is 14.0. The average Bonchev–Trinajstić information content (AvgIpc) is 2.65. The Kier molecular flexibility index (Phi) is 7.57. The summed E-state index contributed by atoms with van der Waals surface area (Å²) in [5, 5.41) is 20.0. The minimum absolute atomic E-state index is 0.0283. The minimum Gasteiger partial charge on any atom is -0.385 e. The number of amides is 1. The second-order valence-corrected chi connectivity index (χ2v) is 5.82. The Bertz CT molecular complexity index is 732. The fourth-order valence-electron chi connectivity index (χ4n) is 2.45. The lowest BCUT2D eigenvalue weighted by Crippen LogP contribution is -2.17. The van der Waals surface area contributed by atoms with Gasteiger partial charge in [0.25, 0.3) is 5.69 Å². The normalized spacial score (nSPS) is 10.3. The van der Waals surface area contributed by atoms with Crippen LogP contribution in [0.25, 0.3) is 0 Å². The van der Waals surface area contributed by atoms with E-state index < -0.39 is 4.92 Å². The summed E-state index contributed by atoms with van der Waals surface area (Å²) < 4.78 is 0. The number of nitro benzene ring substituents is 1. The van der Waals surface area contributed by atoms with Crippen molar-refractivity contribution in [1.29, 1.82) is 0 Å². The van der Waals surface area contributed by atoms with Gasteiger partial charge in [0.05, 0.1) is 4.92 Å². The maximum absolute atomic E-state index is 12.1. The first-order valence-corrected chi connectivity index (χ1v) is 8.67. The van der Waals surface area contributed by atoms with E-state index in [0.29, 0.717) is 25.9 Å². The topological polar surface area (TPSA) is 96.3 Å². The lowest BCUT2D eigenvalue weighted by molar-refractivity contribution is -0.384. The van der Waals surface area contributed by atoms with Crippen LogP contribution in [0.3, 0.4) is 0 Å². The van der Waals surface area contributed by atoms with Crippen molar-refractivity contribution < 1.29 is 9.72 Å². The Labute approximate surface area is 153 Å². The molecule has 2 aromatic carbocycles. The van der Waals surface area contributed by atoms with E-state index in [4.69, 9.17) is 0 Å². The Morgan fingerprint density at radius 3 is 2.54 bits per heavy atom. The molecule has 0 radical (unpaired) electrons. The quantitative estimate of drug-likeness (QED) is 0.344. The number of hydrogen-bond donors (Lipinski definition) is 3. The first-order chi connectivity index (χ1) is 12.6. The van der Waals surface area contributed by atoms with Gasteiger partial charge in [-0.25, -0.2) is 0 Å². The molecule has 2 rings (SSSR count). The maximum atomic E-state index is 12.1. The summed E-state index contributed by atoms with van der Waals surface area (Å²) in [5.41, 5.74) is 2.76. The van der Waals surface area contributed by atoms with Crippen molar-refractivity contribution in [1.82, 2.24) is 5.32 Å². The van der Waals surface area contributed by atoms with E-state index in [-0.39, 0.29) is 11.6 Å². The molecule has 0 fully saturated rings. The van der Waals surface area contributed by atoms with Gasteiger partial charge in [-0.2, -0.15) is 0 Å². The molecule has 0 atom stereocenters. The van der Waals surface area contributed by atoms with Crippen molar-refractivity contribution in [3.05, 3.63) is 64.2 Å². The molecule has 0 aliphatic heterocycles. The molecule has 138 valence electrons. The number of nitrogens with zero attached hydrogens (tertiary/aromatic N) is 1. The number of para-hydroxylation sites is 1. The molecule has 1 amide bonds. The van der Waals surface area contributed by atoms with Gasteiger partial charge in [0, 0.05) is 43.0 Å². The van der Waals surface area contributed by atoms with Gasteiger partial charge in [0.15, 0.2) is 0 Å². The van der Waals surface area contributed by atoms with Crippen LogP contribution in [0.5, 0.6) is 0 Å². The summed E-state index contributed by atoms with van der Waals surface area (Å²) in [6.45, 7) is 4.24. The average molecular weight is 356 g/mol. The summed E-state index contributed by atoms with van der Waals surface area (Å²) in [5.74, 6) is -0.0283. The first-order valence-electron chi connectivity index (χ1n) is 8.67. The fourth-order valence-corrected chi connectivity index (χ4v) is 2.45. The molecule has 26 heavy (non-hydrogen) atoms. The molecule has 0 saturated heterocycles. The van der Waals surface area contributed by atoms with Gasteiger partial charge in [-0.05, 0) is 36.7 Å². The minimum atomic E-state index is -0.429. The SMILES string of the molecule is CCNCc1ccccc1NC(=O)CCCNc1ccc([N+](=O)[O-])cc1. The van der Waals surface area contributed by atoms with Gasteiger partial charge in [0.1, 0.15) is 0 Å². The van der Waals surface area contributed by atoms with Crippen LogP contribution in [-0.2, 0) is 11.3 Å². The van der Waals surface area contributed by atoms with E-state index in [1.54, 1.807) is 12.1 Å². The zero-order valence-corrected chi connectivity index (χ0v) is 14.8. The Hall–Kier alpha value is -2.93. The van der Waals surface area contributed by atoms with Gasteiger partial charge in [-0.1, -0.05) is 25.1 Å². The van der Waals surface area contributed by atoms with E-state index in [9.17, 15) is 14.9 Å². The van der Waals surface area contributed by atoms with Gasteiger partial charge < -0.3 is 16.0 Å². The van der Waals surface area contributed by atoms with Crippen LogP contribution >= 0.6 is 0 Å². The summed E-state index contributed by atoms with van der Waals surface area (Å²) in [7, 11) is 0. The molecule has 2 aromatic rings. The molecule has 3 N–H and O–H groups in total. The number of rotatable bonds is 10. The standard InChI is InChI=1S/C19H24N4O3/c1-2-20-14-15-6-3-4-7-18(15)22-19(24)8-5-13-21-16-9-11-17(12-10-16)23(25)26/h3-4,6-7,9-12,20-21H,2,5,8,13-14H2,1H3,(H,22,24). The predicted molar refractivity (Wildman–Crippen MR) is 103 cm³/mol. The molecule has 7 heteroatoms. The van der Waals surface area contributed by atoms with E-state index >= 15 is 0 Å². The third-order valence-electron chi connectivity index (χ3n) is 3.84. The number of carbonyl (C=O) groups is 1. The van der Waals surface area contributed by atoms with Crippen LogP contribution in [0.4, 0.5) is 17.1 Å². The molecule has 0 aromatic heterocycles. The van der Waals surface area contributed by atoms with Gasteiger partial charge in [0.2, 0.25) is 5.91 Å². The smallest absolute Gasteiger partial charge is 0.269 e. The highest BCUT2D eigenvalue weighted by atomic mass is 16.6. The fraction of sp³-hybridized carbons (Fsp3) is 0.316. The number of hydrogen-bond acceptors (Lipinski definition) is 5. The van der Waals surface area contributed by atoms with Crippen molar-refractivity contribution in [3.63, 3.8) is 0 Å². The first kappa shape index (κ1) is 19.4. The molecule has 0 bridgehead atoms. The van der Waals surface area contributed by atoms with E-state index in [1.807, 2.05) is 31.2 Å². The van der Waals surface area contributed by atoms with E-state index in [2.05, 4.69) is 16.0 Å². The third-order valence-corrected chi connectivity index (χ3v) is 3.84. The molecular weight excluding hydrogens is 332 g/mol. The number of anilines is 2.